The second-order valence-electron chi connectivity index (χ2n) is 5.34. The van der Waals surface area contributed by atoms with Crippen molar-refractivity contribution in [2.45, 2.75) is 25.2 Å². The van der Waals surface area contributed by atoms with Crippen molar-refractivity contribution in [2.24, 2.45) is 5.73 Å². The molecule has 21 heavy (non-hydrogen) atoms. The maximum Gasteiger partial charge on any atom is 0.122 e. The van der Waals surface area contributed by atoms with Crippen LogP contribution in [-0.4, -0.2) is 13.7 Å². The lowest BCUT2D eigenvalue weighted by molar-refractivity contribution is 0.384. The highest BCUT2D eigenvalue weighted by Gasteiger charge is 2.30. The van der Waals surface area contributed by atoms with Gasteiger partial charge in [0.25, 0.3) is 0 Å². The zero-order valence-electron chi connectivity index (χ0n) is 12.6. The predicted molar refractivity (Wildman–Crippen MR) is 91.9 cm³/mol. The van der Waals surface area contributed by atoms with Crippen LogP contribution >= 0.6 is 15.9 Å². The van der Waals surface area contributed by atoms with Crippen molar-refractivity contribution in [2.75, 3.05) is 13.7 Å². The van der Waals surface area contributed by atoms with Crippen LogP contribution < -0.4 is 10.5 Å². The van der Waals surface area contributed by atoms with Crippen LogP contribution in [0.5, 0.6) is 5.75 Å². The summed E-state index contributed by atoms with van der Waals surface area (Å²) in [5.74, 6) is 0.917. The summed E-state index contributed by atoms with van der Waals surface area (Å²) in [6, 6.07) is 16.7. The molecule has 112 valence electrons. The van der Waals surface area contributed by atoms with E-state index in [0.29, 0.717) is 6.54 Å². The van der Waals surface area contributed by atoms with Crippen molar-refractivity contribution in [3.63, 3.8) is 0 Å². The molecule has 2 rings (SSSR count). The first-order valence-electron chi connectivity index (χ1n) is 7.23. The van der Waals surface area contributed by atoms with Crippen LogP contribution in [-0.2, 0) is 11.8 Å². The Morgan fingerprint density at radius 2 is 1.86 bits per heavy atom. The third kappa shape index (κ3) is 3.47. The number of methoxy groups -OCH3 is 1. The zero-order valence-corrected chi connectivity index (χ0v) is 14.2. The van der Waals surface area contributed by atoms with Gasteiger partial charge in [0.2, 0.25) is 0 Å². The standard InChI is InChI=1S/C18H22BrNO/c1-3-18(13-20,15-7-5-4-6-8-15)12-14-11-16(19)9-10-17(14)21-2/h4-11H,3,12-13,20H2,1-2H3. The molecule has 1 atom stereocenters. The third-order valence-electron chi connectivity index (χ3n) is 4.22. The maximum absolute atomic E-state index is 6.18. The molecule has 1 unspecified atom stereocenters. The monoisotopic (exact) mass is 347 g/mol. The van der Waals surface area contributed by atoms with Crippen molar-refractivity contribution in [1.82, 2.24) is 0 Å². The Balaban J connectivity index is 2.44. The van der Waals surface area contributed by atoms with Crippen LogP contribution in [0.3, 0.4) is 0 Å². The first kappa shape index (κ1) is 16.1. The summed E-state index contributed by atoms with van der Waals surface area (Å²) in [7, 11) is 1.71. The van der Waals surface area contributed by atoms with Gasteiger partial charge in [0.15, 0.2) is 0 Å². The molecular formula is C18H22BrNO. The molecule has 2 aromatic carbocycles. The predicted octanol–water partition coefficient (Wildman–Crippen LogP) is 4.31. The van der Waals surface area contributed by atoms with E-state index in [1.807, 2.05) is 18.2 Å². The Morgan fingerprint density at radius 3 is 2.43 bits per heavy atom. The summed E-state index contributed by atoms with van der Waals surface area (Å²) in [5.41, 5.74) is 8.59. The number of ether oxygens (including phenoxy) is 1. The van der Waals surface area contributed by atoms with Gasteiger partial charge in [-0.25, -0.2) is 0 Å². The smallest absolute Gasteiger partial charge is 0.122 e. The van der Waals surface area contributed by atoms with Gasteiger partial charge in [0.1, 0.15) is 5.75 Å². The van der Waals surface area contributed by atoms with Crippen molar-refractivity contribution < 1.29 is 4.74 Å². The summed E-state index contributed by atoms with van der Waals surface area (Å²) >= 11 is 3.55. The number of hydrogen-bond acceptors (Lipinski definition) is 2. The van der Waals surface area contributed by atoms with E-state index in [4.69, 9.17) is 10.5 Å². The van der Waals surface area contributed by atoms with Gasteiger partial charge in [-0.1, -0.05) is 53.2 Å². The second-order valence-corrected chi connectivity index (χ2v) is 6.25. The zero-order chi connectivity index (χ0) is 15.3. The number of halogens is 1. The quantitative estimate of drug-likeness (QED) is 0.844. The fourth-order valence-corrected chi connectivity index (χ4v) is 3.22. The summed E-state index contributed by atoms with van der Waals surface area (Å²) < 4.78 is 6.57. The van der Waals surface area contributed by atoms with E-state index >= 15 is 0 Å². The van der Waals surface area contributed by atoms with E-state index < -0.39 is 0 Å². The molecule has 0 aliphatic carbocycles. The van der Waals surface area contributed by atoms with Crippen LogP contribution in [0.1, 0.15) is 24.5 Å². The first-order chi connectivity index (χ1) is 10.1. The van der Waals surface area contributed by atoms with E-state index in [1.165, 1.54) is 11.1 Å². The SMILES string of the molecule is CCC(CN)(Cc1cc(Br)ccc1OC)c1ccccc1. The highest BCUT2D eigenvalue weighted by atomic mass is 79.9. The molecule has 2 aromatic rings. The first-order valence-corrected chi connectivity index (χ1v) is 8.02. The third-order valence-corrected chi connectivity index (χ3v) is 4.72. The molecule has 0 saturated carbocycles. The molecule has 2 nitrogen and oxygen atoms in total. The largest absolute Gasteiger partial charge is 0.496 e. The van der Waals surface area contributed by atoms with Crippen LogP contribution in [0.2, 0.25) is 0 Å². The van der Waals surface area contributed by atoms with E-state index in [-0.39, 0.29) is 5.41 Å². The van der Waals surface area contributed by atoms with Gasteiger partial charge in [-0.15, -0.1) is 0 Å². The minimum absolute atomic E-state index is 0.0602. The molecule has 0 heterocycles. The number of nitrogens with two attached hydrogens (primary N) is 1. The van der Waals surface area contributed by atoms with Gasteiger partial charge in [0, 0.05) is 16.4 Å². The number of hydrogen-bond donors (Lipinski definition) is 1. The Hall–Kier alpha value is -1.32. The fourth-order valence-electron chi connectivity index (χ4n) is 2.81. The summed E-state index contributed by atoms with van der Waals surface area (Å²) in [6.45, 7) is 2.81. The van der Waals surface area contributed by atoms with Crippen molar-refractivity contribution in [3.05, 3.63) is 64.1 Å². The Kier molecular flexibility index (Phi) is 5.43. The van der Waals surface area contributed by atoms with Crippen LogP contribution in [0.25, 0.3) is 0 Å². The van der Waals surface area contributed by atoms with Gasteiger partial charge in [-0.05, 0) is 42.2 Å². The molecule has 0 spiro atoms. The van der Waals surface area contributed by atoms with Gasteiger partial charge in [-0.3, -0.25) is 0 Å². The number of benzene rings is 2. The molecule has 2 N–H and O–H groups in total. The van der Waals surface area contributed by atoms with Crippen LogP contribution in [0.15, 0.2) is 53.0 Å². The highest BCUT2D eigenvalue weighted by molar-refractivity contribution is 9.10. The highest BCUT2D eigenvalue weighted by Crippen LogP contribution is 2.35. The molecule has 0 saturated heterocycles. The summed E-state index contributed by atoms with van der Waals surface area (Å²) in [6.07, 6.45) is 1.86. The van der Waals surface area contributed by atoms with Crippen LogP contribution in [0.4, 0.5) is 0 Å². The van der Waals surface area contributed by atoms with E-state index in [0.717, 1.165) is 23.1 Å². The fraction of sp³-hybridized carbons (Fsp3) is 0.333. The van der Waals surface area contributed by atoms with E-state index in [9.17, 15) is 0 Å². The normalized spacial score (nSPS) is 13.7. The van der Waals surface area contributed by atoms with Crippen LogP contribution in [0, 0.1) is 0 Å². The van der Waals surface area contributed by atoms with Crippen molar-refractivity contribution in [3.8, 4) is 5.75 Å². The second kappa shape index (κ2) is 7.10. The Labute approximate surface area is 135 Å². The van der Waals surface area contributed by atoms with E-state index in [1.54, 1.807) is 7.11 Å². The molecule has 0 aromatic heterocycles. The molecule has 0 aliphatic heterocycles. The molecule has 0 bridgehead atoms. The lowest BCUT2D eigenvalue weighted by atomic mass is 9.73. The summed E-state index contributed by atoms with van der Waals surface area (Å²) in [4.78, 5) is 0. The lowest BCUT2D eigenvalue weighted by Crippen LogP contribution is -2.37. The van der Waals surface area contributed by atoms with Gasteiger partial charge >= 0.3 is 0 Å². The van der Waals surface area contributed by atoms with Crippen molar-refractivity contribution in [1.29, 1.82) is 0 Å². The maximum atomic E-state index is 6.18. The van der Waals surface area contributed by atoms with Gasteiger partial charge < -0.3 is 10.5 Å². The molecule has 0 radical (unpaired) electrons. The average Bonchev–Trinajstić information content (AvgIpc) is 2.54. The topological polar surface area (TPSA) is 35.2 Å². The Morgan fingerprint density at radius 1 is 1.14 bits per heavy atom. The molecule has 0 fully saturated rings. The average molecular weight is 348 g/mol. The van der Waals surface area contributed by atoms with Crippen molar-refractivity contribution >= 4 is 15.9 Å². The lowest BCUT2D eigenvalue weighted by Gasteiger charge is -2.33. The molecular weight excluding hydrogens is 326 g/mol. The minimum Gasteiger partial charge on any atom is -0.496 e. The van der Waals surface area contributed by atoms with Gasteiger partial charge in [0.05, 0.1) is 7.11 Å². The number of rotatable bonds is 6. The molecule has 0 aliphatic rings. The summed E-state index contributed by atoms with van der Waals surface area (Å²) in [5, 5.41) is 0. The van der Waals surface area contributed by atoms with Gasteiger partial charge in [-0.2, -0.15) is 0 Å². The molecule has 3 heteroatoms. The molecule has 0 amide bonds. The minimum atomic E-state index is -0.0602. The Bertz CT molecular complexity index is 579. The van der Waals surface area contributed by atoms with E-state index in [2.05, 4.69) is 53.2 Å².